The highest BCUT2D eigenvalue weighted by Gasteiger charge is 2.05. The van der Waals surface area contributed by atoms with E-state index in [-0.39, 0.29) is 0 Å². The molecule has 0 fully saturated rings. The van der Waals surface area contributed by atoms with Gasteiger partial charge in [0.25, 0.3) is 0 Å². The Labute approximate surface area is 157 Å². The van der Waals surface area contributed by atoms with E-state index in [1.807, 2.05) is 0 Å². The van der Waals surface area contributed by atoms with Gasteiger partial charge in [-0.2, -0.15) is 0 Å². The van der Waals surface area contributed by atoms with E-state index < -0.39 is 0 Å². The van der Waals surface area contributed by atoms with Crippen LogP contribution in [0.1, 0.15) is 27.8 Å². The molecule has 0 aromatic heterocycles. The van der Waals surface area contributed by atoms with Gasteiger partial charge in [-0.15, -0.1) is 0 Å². The van der Waals surface area contributed by atoms with Crippen LogP contribution in [0.5, 0.6) is 0 Å². The summed E-state index contributed by atoms with van der Waals surface area (Å²) >= 11 is 0. The van der Waals surface area contributed by atoms with Crippen LogP contribution in [0.15, 0.2) is 84.9 Å². The number of hydrogen-bond donors (Lipinski definition) is 0. The maximum atomic E-state index is 2.48. The maximum absolute atomic E-state index is 2.48. The third-order valence-electron chi connectivity index (χ3n) is 4.59. The normalized spacial score (nSPS) is 11.3. The fraction of sp³-hybridized carbons (Fsp3) is 0.200. The van der Waals surface area contributed by atoms with Gasteiger partial charge >= 0.3 is 0 Å². The van der Waals surface area contributed by atoms with Gasteiger partial charge in [-0.05, 0) is 36.1 Å². The Morgan fingerprint density at radius 1 is 0.731 bits per heavy atom. The van der Waals surface area contributed by atoms with Crippen molar-refractivity contribution in [2.45, 2.75) is 26.9 Å². The Kier molecular flexibility index (Phi) is 6.40. The van der Waals surface area contributed by atoms with E-state index in [1.165, 1.54) is 27.8 Å². The smallest absolute Gasteiger partial charge is 0.0240 e. The van der Waals surface area contributed by atoms with Crippen molar-refractivity contribution in [1.82, 2.24) is 4.90 Å². The van der Waals surface area contributed by atoms with Crippen molar-refractivity contribution in [3.05, 3.63) is 113 Å². The highest BCUT2D eigenvalue weighted by Crippen LogP contribution is 2.14. The second-order valence-electron chi connectivity index (χ2n) is 6.90. The fourth-order valence-electron chi connectivity index (χ4n) is 3.14. The summed E-state index contributed by atoms with van der Waals surface area (Å²) in [7, 11) is 0. The Balaban J connectivity index is 1.72. The second kappa shape index (κ2) is 9.17. The quantitative estimate of drug-likeness (QED) is 0.508. The van der Waals surface area contributed by atoms with Gasteiger partial charge in [0.1, 0.15) is 0 Å². The van der Waals surface area contributed by atoms with E-state index in [4.69, 9.17) is 0 Å². The Morgan fingerprint density at radius 3 is 1.88 bits per heavy atom. The zero-order valence-corrected chi connectivity index (χ0v) is 15.7. The summed E-state index contributed by atoms with van der Waals surface area (Å²) in [5.74, 6) is 0. The molecule has 3 rings (SSSR count). The molecule has 0 aliphatic carbocycles. The number of hydrogen-bond acceptors (Lipinski definition) is 1. The first-order chi connectivity index (χ1) is 12.7. The van der Waals surface area contributed by atoms with Crippen LogP contribution in [0.25, 0.3) is 6.08 Å². The lowest BCUT2D eigenvalue weighted by Gasteiger charge is -2.21. The second-order valence-corrected chi connectivity index (χ2v) is 6.90. The zero-order valence-electron chi connectivity index (χ0n) is 15.7. The average Bonchev–Trinajstić information content (AvgIpc) is 2.66. The summed E-state index contributed by atoms with van der Waals surface area (Å²) in [6.07, 6.45) is 4.54. The largest absolute Gasteiger partial charge is 0.291 e. The summed E-state index contributed by atoms with van der Waals surface area (Å²) in [6.45, 7) is 7.15. The molecular formula is C25H27N. The molecule has 0 bridgehead atoms. The van der Waals surface area contributed by atoms with Crippen LogP contribution >= 0.6 is 0 Å². The molecule has 3 aromatic carbocycles. The molecule has 3 aromatic rings. The molecule has 0 radical (unpaired) electrons. The van der Waals surface area contributed by atoms with Crippen molar-refractivity contribution in [2.75, 3.05) is 6.54 Å². The van der Waals surface area contributed by atoms with E-state index in [0.29, 0.717) is 0 Å². The summed E-state index contributed by atoms with van der Waals surface area (Å²) < 4.78 is 0. The predicted molar refractivity (Wildman–Crippen MR) is 112 cm³/mol. The molecule has 0 atom stereocenters. The van der Waals surface area contributed by atoms with Gasteiger partial charge in [0.05, 0.1) is 0 Å². The average molecular weight is 341 g/mol. The molecule has 0 unspecified atom stereocenters. The van der Waals surface area contributed by atoms with Crippen LogP contribution in [-0.4, -0.2) is 11.4 Å². The number of nitrogens with zero attached hydrogens (tertiary/aromatic N) is 1. The van der Waals surface area contributed by atoms with Gasteiger partial charge in [-0.25, -0.2) is 0 Å². The molecule has 132 valence electrons. The Morgan fingerprint density at radius 2 is 1.31 bits per heavy atom. The van der Waals surface area contributed by atoms with Crippen LogP contribution in [-0.2, 0) is 13.1 Å². The maximum Gasteiger partial charge on any atom is 0.0240 e. The first-order valence-corrected chi connectivity index (χ1v) is 9.25. The van der Waals surface area contributed by atoms with Crippen molar-refractivity contribution in [2.24, 2.45) is 0 Å². The molecule has 0 amide bonds. The molecule has 1 nitrogen and oxygen atoms in total. The lowest BCUT2D eigenvalue weighted by Crippen LogP contribution is -2.22. The fourth-order valence-corrected chi connectivity index (χ4v) is 3.14. The zero-order chi connectivity index (χ0) is 18.2. The van der Waals surface area contributed by atoms with Crippen LogP contribution in [0.2, 0.25) is 0 Å². The monoisotopic (exact) mass is 341 g/mol. The van der Waals surface area contributed by atoms with Crippen LogP contribution < -0.4 is 0 Å². The van der Waals surface area contributed by atoms with E-state index in [2.05, 4.69) is 110 Å². The lowest BCUT2D eigenvalue weighted by molar-refractivity contribution is 0.286. The summed E-state index contributed by atoms with van der Waals surface area (Å²) in [5.41, 5.74) is 6.64. The molecule has 0 saturated carbocycles. The van der Waals surface area contributed by atoms with E-state index in [9.17, 15) is 0 Å². The lowest BCUT2D eigenvalue weighted by atomic mass is 10.1. The third kappa shape index (κ3) is 5.44. The third-order valence-corrected chi connectivity index (χ3v) is 4.59. The topological polar surface area (TPSA) is 3.24 Å². The highest BCUT2D eigenvalue weighted by atomic mass is 15.1. The number of rotatable bonds is 7. The van der Waals surface area contributed by atoms with E-state index in [1.54, 1.807) is 0 Å². The summed E-state index contributed by atoms with van der Waals surface area (Å²) in [5, 5.41) is 0. The minimum Gasteiger partial charge on any atom is -0.291 e. The summed E-state index contributed by atoms with van der Waals surface area (Å²) in [6, 6.07) is 28.0. The Bertz CT molecular complexity index is 793. The standard InChI is InChI=1S/C25H27N/c1-21-15-16-22(2)25(18-21)14-9-17-26(19-23-10-5-3-6-11-23)20-24-12-7-4-8-13-24/h3-16,18H,17,19-20H2,1-2H3/b14-9+. The molecule has 1 heteroatoms. The molecule has 0 aliphatic rings. The van der Waals surface area contributed by atoms with Gasteiger partial charge in [-0.3, -0.25) is 4.90 Å². The molecule has 0 saturated heterocycles. The number of benzene rings is 3. The van der Waals surface area contributed by atoms with Gasteiger partial charge in [0.2, 0.25) is 0 Å². The van der Waals surface area contributed by atoms with Crippen molar-refractivity contribution < 1.29 is 0 Å². The van der Waals surface area contributed by atoms with Gasteiger partial charge in [0, 0.05) is 19.6 Å². The van der Waals surface area contributed by atoms with Crippen LogP contribution in [0.4, 0.5) is 0 Å². The minimum absolute atomic E-state index is 0.928. The highest BCUT2D eigenvalue weighted by molar-refractivity contribution is 5.54. The first kappa shape index (κ1) is 18.2. The molecule has 0 heterocycles. The molecule has 0 spiro atoms. The van der Waals surface area contributed by atoms with E-state index in [0.717, 1.165) is 19.6 Å². The molecular weight excluding hydrogens is 314 g/mol. The van der Waals surface area contributed by atoms with Crippen molar-refractivity contribution >= 4 is 6.08 Å². The van der Waals surface area contributed by atoms with Gasteiger partial charge in [-0.1, -0.05) is 96.6 Å². The molecule has 0 N–H and O–H groups in total. The minimum atomic E-state index is 0.928. The van der Waals surface area contributed by atoms with Crippen LogP contribution in [0, 0.1) is 13.8 Å². The first-order valence-electron chi connectivity index (χ1n) is 9.25. The van der Waals surface area contributed by atoms with Gasteiger partial charge < -0.3 is 0 Å². The van der Waals surface area contributed by atoms with Gasteiger partial charge in [0.15, 0.2) is 0 Å². The van der Waals surface area contributed by atoms with E-state index >= 15 is 0 Å². The van der Waals surface area contributed by atoms with Crippen molar-refractivity contribution in [1.29, 1.82) is 0 Å². The SMILES string of the molecule is Cc1ccc(C)c(/C=C/CN(Cc2ccccc2)Cc2ccccc2)c1. The predicted octanol–water partition coefficient (Wildman–Crippen LogP) is 6.02. The summed E-state index contributed by atoms with van der Waals surface area (Å²) in [4.78, 5) is 2.48. The van der Waals surface area contributed by atoms with Crippen molar-refractivity contribution in [3.8, 4) is 0 Å². The molecule has 26 heavy (non-hydrogen) atoms. The van der Waals surface area contributed by atoms with Crippen molar-refractivity contribution in [3.63, 3.8) is 0 Å². The van der Waals surface area contributed by atoms with Crippen LogP contribution in [0.3, 0.4) is 0 Å². The number of aryl methyl sites for hydroxylation is 2. The Hall–Kier alpha value is -2.64. The molecule has 0 aliphatic heterocycles.